The molecule has 4 nitrogen and oxygen atoms in total. The van der Waals surface area contributed by atoms with Gasteiger partial charge in [-0.3, -0.25) is 9.47 Å². The maximum atomic E-state index is 12.7. The highest BCUT2D eigenvalue weighted by atomic mass is 19.3. The van der Waals surface area contributed by atoms with Crippen LogP contribution in [-0.4, -0.2) is 40.1 Å². The molecular weight excluding hydrogens is 238 g/mol. The van der Waals surface area contributed by atoms with Crippen LogP contribution in [0, 0.1) is 5.92 Å². The van der Waals surface area contributed by atoms with E-state index in [0.29, 0.717) is 24.3 Å². The van der Waals surface area contributed by atoms with Crippen molar-refractivity contribution in [2.45, 2.75) is 32.0 Å². The molecule has 1 aromatic rings. The van der Waals surface area contributed by atoms with Crippen LogP contribution in [0.1, 0.15) is 25.2 Å². The molecule has 2 aliphatic rings. The molecule has 0 saturated carbocycles. The molecule has 100 valence electrons. The van der Waals surface area contributed by atoms with Crippen LogP contribution in [0.4, 0.5) is 8.78 Å². The highest BCUT2D eigenvalue weighted by Crippen LogP contribution is 2.25. The lowest BCUT2D eigenvalue weighted by molar-refractivity contribution is 0.0615. The van der Waals surface area contributed by atoms with E-state index in [1.807, 2.05) is 0 Å². The summed E-state index contributed by atoms with van der Waals surface area (Å²) in [6.45, 7) is 1.08. The second-order valence-corrected chi connectivity index (χ2v) is 5.16. The second-order valence-electron chi connectivity index (χ2n) is 5.16. The van der Waals surface area contributed by atoms with Gasteiger partial charge in [-0.05, 0) is 25.3 Å². The van der Waals surface area contributed by atoms with Crippen LogP contribution >= 0.6 is 0 Å². The largest absolute Gasteiger partial charge is 0.319 e. The molecule has 6 heteroatoms. The lowest BCUT2D eigenvalue weighted by Gasteiger charge is -2.34. The Balaban J connectivity index is 1.64. The molecule has 2 atom stereocenters. The first-order chi connectivity index (χ1) is 8.74. The highest BCUT2D eigenvalue weighted by Gasteiger charge is 2.32. The normalized spacial score (nSPS) is 28.8. The number of alkyl halides is 2. The molecule has 0 amide bonds. The van der Waals surface area contributed by atoms with E-state index in [-0.39, 0.29) is 0 Å². The van der Waals surface area contributed by atoms with Gasteiger partial charge in [-0.1, -0.05) is 0 Å². The number of likely N-dealkylation sites (tertiary alicyclic amines) is 1. The number of nitrogens with one attached hydrogen (secondary N) is 1. The Morgan fingerprint density at radius 2 is 2.33 bits per heavy atom. The van der Waals surface area contributed by atoms with E-state index < -0.39 is 6.55 Å². The monoisotopic (exact) mass is 256 g/mol. The molecule has 2 aliphatic heterocycles. The van der Waals surface area contributed by atoms with E-state index in [1.54, 1.807) is 0 Å². The Morgan fingerprint density at radius 1 is 1.44 bits per heavy atom. The van der Waals surface area contributed by atoms with Gasteiger partial charge in [-0.25, -0.2) is 4.98 Å². The predicted octanol–water partition coefficient (Wildman–Crippen LogP) is 1.46. The van der Waals surface area contributed by atoms with E-state index in [4.69, 9.17) is 0 Å². The number of hydrogen-bond donors (Lipinski definition) is 1. The maximum absolute atomic E-state index is 12.7. The maximum Gasteiger partial charge on any atom is 0.319 e. The summed E-state index contributed by atoms with van der Waals surface area (Å²) in [5, 5.41) is 3.50. The van der Waals surface area contributed by atoms with Gasteiger partial charge in [0.05, 0.1) is 6.54 Å². The summed E-state index contributed by atoms with van der Waals surface area (Å²) < 4.78 is 26.4. The first kappa shape index (κ1) is 12.0. The van der Waals surface area contributed by atoms with Gasteiger partial charge in [-0.2, -0.15) is 8.78 Å². The Bertz CT molecular complexity index is 407. The molecule has 2 fully saturated rings. The molecule has 0 aromatic carbocycles. The van der Waals surface area contributed by atoms with E-state index in [1.165, 1.54) is 18.8 Å². The van der Waals surface area contributed by atoms with Crippen molar-refractivity contribution in [3.05, 3.63) is 18.2 Å². The Hall–Kier alpha value is -1.01. The van der Waals surface area contributed by atoms with Gasteiger partial charge < -0.3 is 5.32 Å². The average Bonchev–Trinajstić information content (AvgIpc) is 2.96. The minimum atomic E-state index is -2.49. The number of imidazole rings is 1. The molecule has 18 heavy (non-hydrogen) atoms. The van der Waals surface area contributed by atoms with Crippen LogP contribution in [0.15, 0.2) is 12.4 Å². The van der Waals surface area contributed by atoms with Crippen molar-refractivity contribution in [2.75, 3.05) is 19.6 Å². The van der Waals surface area contributed by atoms with Gasteiger partial charge in [0.25, 0.3) is 0 Å². The lowest BCUT2D eigenvalue weighted by Crippen LogP contribution is -2.44. The van der Waals surface area contributed by atoms with Crippen molar-refractivity contribution in [1.82, 2.24) is 19.8 Å². The van der Waals surface area contributed by atoms with Crippen LogP contribution in [0.5, 0.6) is 0 Å². The summed E-state index contributed by atoms with van der Waals surface area (Å²) in [7, 11) is 0. The smallest absolute Gasteiger partial charge is 0.314 e. The fourth-order valence-corrected chi connectivity index (χ4v) is 3.11. The third kappa shape index (κ3) is 2.27. The second kappa shape index (κ2) is 4.93. The molecule has 0 bridgehead atoms. The van der Waals surface area contributed by atoms with Crippen LogP contribution in [0.25, 0.3) is 0 Å². The number of nitrogens with zero attached hydrogens (tertiary/aromatic N) is 3. The van der Waals surface area contributed by atoms with Gasteiger partial charge in [0.1, 0.15) is 5.82 Å². The number of hydrogen-bond acceptors (Lipinski definition) is 3. The van der Waals surface area contributed by atoms with E-state index in [0.717, 1.165) is 30.6 Å². The van der Waals surface area contributed by atoms with Gasteiger partial charge in [0, 0.05) is 31.5 Å². The minimum Gasteiger partial charge on any atom is -0.314 e. The van der Waals surface area contributed by atoms with Crippen molar-refractivity contribution in [3.8, 4) is 0 Å². The number of fused-ring (bicyclic) bond motifs is 1. The summed E-state index contributed by atoms with van der Waals surface area (Å²) in [6.07, 6.45) is 5.11. The summed E-state index contributed by atoms with van der Waals surface area (Å²) in [5.41, 5.74) is 0. The molecule has 3 rings (SSSR count). The average molecular weight is 256 g/mol. The summed E-state index contributed by atoms with van der Waals surface area (Å²) in [5.74, 6) is 1.14. The molecule has 2 unspecified atom stereocenters. The zero-order valence-corrected chi connectivity index (χ0v) is 10.2. The highest BCUT2D eigenvalue weighted by molar-refractivity contribution is 4.96. The zero-order chi connectivity index (χ0) is 12.5. The first-order valence-electron chi connectivity index (χ1n) is 6.49. The van der Waals surface area contributed by atoms with Crippen molar-refractivity contribution in [2.24, 2.45) is 5.92 Å². The van der Waals surface area contributed by atoms with E-state index >= 15 is 0 Å². The quantitative estimate of drug-likeness (QED) is 0.889. The lowest BCUT2D eigenvalue weighted by atomic mass is 9.93. The number of halogens is 2. The fourth-order valence-electron chi connectivity index (χ4n) is 3.11. The summed E-state index contributed by atoms with van der Waals surface area (Å²) >= 11 is 0. The molecule has 1 aromatic heterocycles. The van der Waals surface area contributed by atoms with Gasteiger partial charge >= 0.3 is 6.55 Å². The molecule has 0 spiro atoms. The molecule has 1 N–H and O–H groups in total. The zero-order valence-electron chi connectivity index (χ0n) is 10.2. The van der Waals surface area contributed by atoms with Crippen LogP contribution in [-0.2, 0) is 6.54 Å². The molecule has 2 saturated heterocycles. The summed E-state index contributed by atoms with van der Waals surface area (Å²) in [6, 6.07) is 0.635. The van der Waals surface area contributed by atoms with Crippen molar-refractivity contribution < 1.29 is 8.78 Å². The third-order valence-electron chi connectivity index (χ3n) is 4.06. The Morgan fingerprint density at radius 3 is 3.17 bits per heavy atom. The van der Waals surface area contributed by atoms with Crippen molar-refractivity contribution in [1.29, 1.82) is 0 Å². The van der Waals surface area contributed by atoms with Crippen molar-refractivity contribution >= 4 is 0 Å². The number of piperidine rings is 1. The molecule has 0 aliphatic carbocycles. The SMILES string of the molecule is FC(F)n1ccnc1CN1CCC2NCCC2C1. The number of rotatable bonds is 3. The van der Waals surface area contributed by atoms with E-state index in [2.05, 4.69) is 15.2 Å². The molecule has 3 heterocycles. The summed E-state index contributed by atoms with van der Waals surface area (Å²) in [4.78, 5) is 6.29. The van der Waals surface area contributed by atoms with Crippen LogP contribution in [0.2, 0.25) is 0 Å². The minimum absolute atomic E-state index is 0.467. The van der Waals surface area contributed by atoms with Crippen molar-refractivity contribution in [3.63, 3.8) is 0 Å². The fraction of sp³-hybridized carbons (Fsp3) is 0.750. The molecule has 0 radical (unpaired) electrons. The van der Waals surface area contributed by atoms with E-state index in [9.17, 15) is 8.78 Å². The van der Waals surface area contributed by atoms with Crippen LogP contribution < -0.4 is 5.32 Å². The first-order valence-corrected chi connectivity index (χ1v) is 6.49. The number of aromatic nitrogens is 2. The standard InChI is InChI=1S/C12H18F2N4/c13-12(14)18-6-4-16-11(18)8-17-5-2-10-9(7-17)1-3-15-10/h4,6,9-10,12,15H,1-3,5,7-8H2. The van der Waals surface area contributed by atoms with Gasteiger partial charge in [0.2, 0.25) is 0 Å². The van der Waals surface area contributed by atoms with Gasteiger partial charge in [-0.15, -0.1) is 0 Å². The third-order valence-corrected chi connectivity index (χ3v) is 4.06. The van der Waals surface area contributed by atoms with Crippen LogP contribution in [0.3, 0.4) is 0 Å². The predicted molar refractivity (Wildman–Crippen MR) is 63.3 cm³/mol. The van der Waals surface area contributed by atoms with Gasteiger partial charge in [0.15, 0.2) is 0 Å². The Kier molecular flexibility index (Phi) is 3.30. The Labute approximate surface area is 105 Å². The molecular formula is C12H18F2N4. The topological polar surface area (TPSA) is 33.1 Å².